The van der Waals surface area contributed by atoms with Crippen LogP contribution in [0, 0.1) is 17.0 Å². The standard InChI is InChI=1S/C18H25N5O6/c1-13-12-14(2-3-15(13)23(27)28)29-11-6-18(26)22-9-7-21(8-10-22)17(25)5-4-16(24)20-19/h2-3,12H,4-11,19H2,1H3,(H,20,24). The van der Waals surface area contributed by atoms with Crippen molar-refractivity contribution in [3.8, 4) is 5.75 Å². The largest absolute Gasteiger partial charge is 0.493 e. The van der Waals surface area contributed by atoms with Crippen molar-refractivity contribution in [2.45, 2.75) is 26.2 Å². The zero-order valence-corrected chi connectivity index (χ0v) is 16.3. The number of hydrogen-bond acceptors (Lipinski definition) is 7. The molecule has 1 heterocycles. The maximum Gasteiger partial charge on any atom is 0.272 e. The molecule has 0 bridgehead atoms. The van der Waals surface area contributed by atoms with Gasteiger partial charge in [0.1, 0.15) is 5.75 Å². The van der Waals surface area contributed by atoms with Crippen molar-refractivity contribution in [1.29, 1.82) is 0 Å². The number of hydrogen-bond donors (Lipinski definition) is 2. The number of nitro benzene ring substituents is 1. The second-order valence-electron chi connectivity index (χ2n) is 6.63. The van der Waals surface area contributed by atoms with Crippen molar-refractivity contribution in [2.75, 3.05) is 32.8 Å². The average Bonchev–Trinajstić information content (AvgIpc) is 2.71. The Morgan fingerprint density at radius 3 is 2.21 bits per heavy atom. The van der Waals surface area contributed by atoms with E-state index in [9.17, 15) is 24.5 Å². The van der Waals surface area contributed by atoms with Gasteiger partial charge in [0.2, 0.25) is 17.7 Å². The minimum absolute atomic E-state index is 0.0181. The highest BCUT2D eigenvalue weighted by molar-refractivity contribution is 5.83. The van der Waals surface area contributed by atoms with Gasteiger partial charge in [0.05, 0.1) is 18.0 Å². The van der Waals surface area contributed by atoms with Gasteiger partial charge in [-0.1, -0.05) is 0 Å². The molecule has 3 N–H and O–H groups in total. The summed E-state index contributed by atoms with van der Waals surface area (Å²) >= 11 is 0. The SMILES string of the molecule is Cc1cc(OCCC(=O)N2CCN(C(=O)CCC(=O)NN)CC2)ccc1[N+](=O)[O-]. The number of carbonyl (C=O) groups is 3. The Labute approximate surface area is 167 Å². The maximum absolute atomic E-state index is 12.3. The van der Waals surface area contributed by atoms with E-state index in [2.05, 4.69) is 0 Å². The van der Waals surface area contributed by atoms with E-state index >= 15 is 0 Å². The second-order valence-corrected chi connectivity index (χ2v) is 6.63. The number of benzene rings is 1. The van der Waals surface area contributed by atoms with E-state index in [1.54, 1.807) is 22.8 Å². The first-order valence-corrected chi connectivity index (χ1v) is 9.24. The Kier molecular flexibility index (Phi) is 7.89. The number of aryl methyl sites for hydroxylation is 1. The van der Waals surface area contributed by atoms with Gasteiger partial charge in [-0.05, 0) is 19.1 Å². The molecule has 0 unspecified atom stereocenters. The molecule has 1 aliphatic rings. The molecule has 1 saturated heterocycles. The molecule has 2 rings (SSSR count). The van der Waals surface area contributed by atoms with Gasteiger partial charge in [0.25, 0.3) is 5.69 Å². The third-order valence-electron chi connectivity index (χ3n) is 4.66. The van der Waals surface area contributed by atoms with Gasteiger partial charge >= 0.3 is 0 Å². The fourth-order valence-electron chi connectivity index (χ4n) is 2.99. The van der Waals surface area contributed by atoms with Crippen LogP contribution in [-0.4, -0.2) is 65.2 Å². The molecule has 0 aromatic heterocycles. The maximum atomic E-state index is 12.3. The first-order chi connectivity index (χ1) is 13.8. The van der Waals surface area contributed by atoms with Crippen LogP contribution in [0.4, 0.5) is 5.69 Å². The van der Waals surface area contributed by atoms with Crippen LogP contribution in [0.15, 0.2) is 18.2 Å². The quantitative estimate of drug-likeness (QED) is 0.269. The molecule has 3 amide bonds. The first kappa shape index (κ1) is 22.1. The Bertz CT molecular complexity index is 776. The Morgan fingerprint density at radius 2 is 1.69 bits per heavy atom. The predicted molar refractivity (Wildman–Crippen MR) is 103 cm³/mol. The molecule has 0 saturated carbocycles. The van der Waals surface area contributed by atoms with Crippen molar-refractivity contribution in [3.63, 3.8) is 0 Å². The lowest BCUT2D eigenvalue weighted by Gasteiger charge is -2.34. The van der Waals surface area contributed by atoms with Crippen LogP contribution in [0.5, 0.6) is 5.75 Å². The molecular weight excluding hydrogens is 382 g/mol. The highest BCUT2D eigenvalue weighted by Gasteiger charge is 2.24. The van der Waals surface area contributed by atoms with Gasteiger partial charge in [0.15, 0.2) is 0 Å². The minimum atomic E-state index is -0.458. The van der Waals surface area contributed by atoms with Crippen LogP contribution in [0.3, 0.4) is 0 Å². The zero-order chi connectivity index (χ0) is 21.4. The summed E-state index contributed by atoms with van der Waals surface area (Å²) < 4.78 is 5.52. The lowest BCUT2D eigenvalue weighted by Crippen LogP contribution is -2.50. The lowest BCUT2D eigenvalue weighted by molar-refractivity contribution is -0.385. The molecule has 0 atom stereocenters. The fourth-order valence-corrected chi connectivity index (χ4v) is 2.99. The molecule has 0 radical (unpaired) electrons. The monoisotopic (exact) mass is 407 g/mol. The fraction of sp³-hybridized carbons (Fsp3) is 0.500. The van der Waals surface area contributed by atoms with Crippen LogP contribution in [0.25, 0.3) is 0 Å². The Hall–Kier alpha value is -3.21. The summed E-state index contributed by atoms with van der Waals surface area (Å²) in [5.74, 6) is 4.84. The number of ether oxygens (including phenoxy) is 1. The molecule has 0 spiro atoms. The molecule has 11 nitrogen and oxygen atoms in total. The van der Waals surface area contributed by atoms with Crippen molar-refractivity contribution in [1.82, 2.24) is 15.2 Å². The third-order valence-corrected chi connectivity index (χ3v) is 4.66. The molecule has 1 fully saturated rings. The van der Waals surface area contributed by atoms with E-state index in [1.165, 1.54) is 12.1 Å². The molecule has 1 aliphatic heterocycles. The lowest BCUT2D eigenvalue weighted by atomic mass is 10.2. The van der Waals surface area contributed by atoms with Gasteiger partial charge in [0, 0.05) is 50.7 Å². The van der Waals surface area contributed by atoms with Crippen LogP contribution < -0.4 is 16.0 Å². The summed E-state index contributed by atoms with van der Waals surface area (Å²) in [6, 6.07) is 4.45. The van der Waals surface area contributed by atoms with Crippen LogP contribution in [-0.2, 0) is 14.4 Å². The van der Waals surface area contributed by atoms with Crippen LogP contribution in [0.1, 0.15) is 24.8 Å². The summed E-state index contributed by atoms with van der Waals surface area (Å²) in [4.78, 5) is 49.1. The van der Waals surface area contributed by atoms with E-state index in [0.717, 1.165) is 0 Å². The summed E-state index contributed by atoms with van der Waals surface area (Å²) in [6.45, 7) is 3.45. The first-order valence-electron chi connectivity index (χ1n) is 9.24. The van der Waals surface area contributed by atoms with E-state index in [4.69, 9.17) is 10.6 Å². The number of carbonyl (C=O) groups excluding carboxylic acids is 3. The molecule has 0 aliphatic carbocycles. The number of nitrogens with one attached hydrogen (secondary N) is 1. The van der Waals surface area contributed by atoms with E-state index in [1.807, 2.05) is 5.43 Å². The Balaban J connectivity index is 1.72. The topological polar surface area (TPSA) is 148 Å². The van der Waals surface area contributed by atoms with Gasteiger partial charge in [-0.3, -0.25) is 29.9 Å². The summed E-state index contributed by atoms with van der Waals surface area (Å²) in [6.07, 6.45) is 0.286. The molecule has 1 aromatic rings. The summed E-state index contributed by atoms with van der Waals surface area (Å²) in [5, 5.41) is 10.8. The minimum Gasteiger partial charge on any atom is -0.493 e. The number of amides is 3. The van der Waals surface area contributed by atoms with Crippen LogP contribution >= 0.6 is 0 Å². The molecule has 11 heteroatoms. The molecule has 29 heavy (non-hydrogen) atoms. The van der Waals surface area contributed by atoms with Gasteiger partial charge in [-0.25, -0.2) is 5.84 Å². The van der Waals surface area contributed by atoms with Gasteiger partial charge in [-0.2, -0.15) is 0 Å². The Morgan fingerprint density at radius 1 is 1.10 bits per heavy atom. The van der Waals surface area contributed by atoms with E-state index in [0.29, 0.717) is 37.5 Å². The summed E-state index contributed by atoms with van der Waals surface area (Å²) in [7, 11) is 0. The zero-order valence-electron chi connectivity index (χ0n) is 16.3. The predicted octanol–water partition coefficient (Wildman–Crippen LogP) is 0.113. The molecule has 158 valence electrons. The molecular formula is C18H25N5O6. The van der Waals surface area contributed by atoms with Crippen LogP contribution in [0.2, 0.25) is 0 Å². The highest BCUT2D eigenvalue weighted by Crippen LogP contribution is 2.23. The number of hydrazine groups is 1. The van der Waals surface area contributed by atoms with Crippen molar-refractivity contribution in [3.05, 3.63) is 33.9 Å². The van der Waals surface area contributed by atoms with Crippen molar-refractivity contribution >= 4 is 23.4 Å². The number of nitro groups is 1. The van der Waals surface area contributed by atoms with Gasteiger partial charge in [-0.15, -0.1) is 0 Å². The van der Waals surface area contributed by atoms with E-state index < -0.39 is 10.8 Å². The van der Waals surface area contributed by atoms with E-state index in [-0.39, 0.29) is 43.4 Å². The average molecular weight is 407 g/mol. The van der Waals surface area contributed by atoms with Gasteiger partial charge < -0.3 is 14.5 Å². The van der Waals surface area contributed by atoms with Crippen molar-refractivity contribution < 1.29 is 24.0 Å². The third kappa shape index (κ3) is 6.42. The number of piperazine rings is 1. The smallest absolute Gasteiger partial charge is 0.272 e. The van der Waals surface area contributed by atoms with Crippen molar-refractivity contribution in [2.24, 2.45) is 5.84 Å². The normalized spacial score (nSPS) is 13.7. The molecule has 1 aromatic carbocycles. The summed E-state index contributed by atoms with van der Waals surface area (Å²) in [5.41, 5.74) is 2.49. The number of nitrogens with two attached hydrogens (primary N) is 1. The highest BCUT2D eigenvalue weighted by atomic mass is 16.6. The number of nitrogens with zero attached hydrogens (tertiary/aromatic N) is 3. The number of rotatable bonds is 8. The second kappa shape index (κ2) is 10.4.